The number of aromatic nitrogens is 4. The molecule has 1 amide bonds. The summed E-state index contributed by atoms with van der Waals surface area (Å²) in [5.74, 6) is 1.46. The number of fused-ring (bicyclic) bond motifs is 1. The van der Waals surface area contributed by atoms with E-state index in [1.165, 1.54) is 6.20 Å². The second-order valence-corrected chi connectivity index (χ2v) is 11.9. The summed E-state index contributed by atoms with van der Waals surface area (Å²) < 4.78 is 10.3. The highest BCUT2D eigenvalue weighted by molar-refractivity contribution is 8.76. The average molecular weight is 636 g/mol. The molecule has 1 aromatic carbocycles. The summed E-state index contributed by atoms with van der Waals surface area (Å²) in [5, 5.41) is 5.79. The lowest BCUT2D eigenvalue weighted by Crippen LogP contribution is -2.37. The van der Waals surface area contributed by atoms with E-state index in [1.807, 2.05) is 0 Å². The van der Waals surface area contributed by atoms with Gasteiger partial charge < -0.3 is 25.8 Å². The minimum absolute atomic E-state index is 0.0335. The molecule has 2 heterocycles. The van der Waals surface area contributed by atoms with Gasteiger partial charge in [0.25, 0.3) is 17.9 Å². The first-order valence-electron chi connectivity index (χ1n) is 13.2. The monoisotopic (exact) mass is 635 g/mol. The smallest absolute Gasteiger partial charge is 0.295 e. The number of carbonyl (C=O) groups is 3. The minimum atomic E-state index is -0.912. The topological polar surface area (TPSA) is 191 Å². The summed E-state index contributed by atoms with van der Waals surface area (Å²) in [6.45, 7) is 1.28. The van der Waals surface area contributed by atoms with Gasteiger partial charge >= 0.3 is 0 Å². The first-order valence-corrected chi connectivity index (χ1v) is 16.5. The van der Waals surface area contributed by atoms with Crippen molar-refractivity contribution in [1.29, 1.82) is 0 Å². The molecule has 0 aliphatic rings. The van der Waals surface area contributed by atoms with Gasteiger partial charge in [-0.2, -0.15) is 4.98 Å². The van der Waals surface area contributed by atoms with Crippen LogP contribution in [0.2, 0.25) is 0 Å². The van der Waals surface area contributed by atoms with Gasteiger partial charge in [-0.15, -0.1) is 9.24 Å². The zero-order chi connectivity index (χ0) is 30.2. The van der Waals surface area contributed by atoms with E-state index in [0.29, 0.717) is 29.7 Å². The van der Waals surface area contributed by atoms with Gasteiger partial charge in [0.05, 0.1) is 24.8 Å². The number of carbonyl (C=O) groups excluding carboxylic acids is 3. The SMILES string of the molecule is Nc1nc2ncc(CNc3ccc(C(=O)NC(CCC(=O)CCCSSCCCOCP)OC=O)cc3)nc2c(=O)[nH]1. The van der Waals surface area contributed by atoms with Gasteiger partial charge in [-0.05, 0) is 37.1 Å². The van der Waals surface area contributed by atoms with Gasteiger partial charge in [-0.1, -0.05) is 21.6 Å². The molecule has 0 saturated carbocycles. The van der Waals surface area contributed by atoms with Crippen molar-refractivity contribution >= 4 is 71.8 Å². The van der Waals surface area contributed by atoms with Gasteiger partial charge in [0.2, 0.25) is 5.95 Å². The van der Waals surface area contributed by atoms with Crippen LogP contribution in [0.3, 0.4) is 0 Å². The number of nitrogen functional groups attached to an aromatic ring is 1. The third kappa shape index (κ3) is 11.6. The van der Waals surface area contributed by atoms with Crippen LogP contribution in [0.1, 0.15) is 48.2 Å². The molecule has 0 aliphatic carbocycles. The highest BCUT2D eigenvalue weighted by Crippen LogP contribution is 2.23. The Morgan fingerprint density at radius 3 is 2.62 bits per heavy atom. The van der Waals surface area contributed by atoms with E-state index in [9.17, 15) is 19.2 Å². The summed E-state index contributed by atoms with van der Waals surface area (Å²) >= 11 is 0. The maximum atomic E-state index is 12.7. The van der Waals surface area contributed by atoms with Crippen LogP contribution in [0.15, 0.2) is 35.3 Å². The fourth-order valence-electron chi connectivity index (χ4n) is 3.63. The quantitative estimate of drug-likeness (QED) is 0.0466. The van der Waals surface area contributed by atoms with Crippen molar-refractivity contribution in [3.8, 4) is 0 Å². The van der Waals surface area contributed by atoms with E-state index in [-0.39, 0.29) is 48.8 Å². The number of Topliss-reactive ketones (excluding diaryl/α,β-unsaturated/α-hetero) is 1. The molecular formula is C26H34N7O6PS2. The fourth-order valence-corrected chi connectivity index (χ4v) is 5.94. The Labute approximate surface area is 252 Å². The standard InChI is InChI=1S/C26H34N7O6PS2/c27-26-32-23-22(25(37)33-26)30-19(14-29-23)13-28-18-6-4-17(5-7-18)24(36)31-21(39-15-34)9-8-20(35)3-1-11-41-42-12-2-10-38-16-40/h4-7,14-15,21,28H,1-3,8-13,16,40H2,(H,31,36)(H3,27,29,32,33,37). The van der Waals surface area contributed by atoms with Crippen molar-refractivity contribution in [2.24, 2.45) is 0 Å². The number of nitrogens with zero attached hydrogens (tertiary/aromatic N) is 3. The number of hydrogen-bond donors (Lipinski definition) is 4. The number of rotatable bonds is 20. The Kier molecular flexibility index (Phi) is 14.5. The maximum Gasteiger partial charge on any atom is 0.295 e. The van der Waals surface area contributed by atoms with Crippen LogP contribution in [-0.4, -0.2) is 68.8 Å². The van der Waals surface area contributed by atoms with E-state index < -0.39 is 17.7 Å². The molecule has 2 aromatic heterocycles. The molecule has 0 spiro atoms. The molecular weight excluding hydrogens is 601 g/mol. The fraction of sp³-hybridized carbons (Fsp3) is 0.423. The van der Waals surface area contributed by atoms with Crippen molar-refractivity contribution in [2.45, 2.75) is 44.9 Å². The zero-order valence-corrected chi connectivity index (χ0v) is 25.7. The van der Waals surface area contributed by atoms with Crippen LogP contribution in [0.5, 0.6) is 0 Å². The van der Waals surface area contributed by atoms with Crippen molar-refractivity contribution in [3.05, 3.63) is 52.1 Å². The number of ether oxygens (including phenoxy) is 2. The predicted octanol–water partition coefficient (Wildman–Crippen LogP) is 2.89. The molecule has 2 unspecified atom stereocenters. The number of anilines is 2. The van der Waals surface area contributed by atoms with Gasteiger partial charge in [0, 0.05) is 48.6 Å². The van der Waals surface area contributed by atoms with Crippen LogP contribution in [0.25, 0.3) is 11.2 Å². The molecule has 3 aromatic rings. The molecule has 16 heteroatoms. The number of amides is 1. The maximum absolute atomic E-state index is 12.7. The van der Waals surface area contributed by atoms with Crippen molar-refractivity contribution in [2.75, 3.05) is 35.5 Å². The zero-order valence-electron chi connectivity index (χ0n) is 22.9. The molecule has 2 atom stereocenters. The molecule has 0 aliphatic heterocycles. The number of ketones is 1. The Morgan fingerprint density at radius 2 is 1.88 bits per heavy atom. The molecule has 13 nitrogen and oxygen atoms in total. The van der Waals surface area contributed by atoms with E-state index in [1.54, 1.807) is 45.9 Å². The van der Waals surface area contributed by atoms with Crippen LogP contribution in [-0.2, 0) is 25.6 Å². The predicted molar refractivity (Wildman–Crippen MR) is 168 cm³/mol. The number of aromatic amines is 1. The molecule has 0 radical (unpaired) electrons. The van der Waals surface area contributed by atoms with E-state index in [4.69, 9.17) is 15.2 Å². The number of H-pyrrole nitrogens is 1. The third-order valence-electron chi connectivity index (χ3n) is 5.70. The Bertz CT molecular complexity index is 1380. The number of nitrogens with one attached hydrogen (secondary N) is 3. The van der Waals surface area contributed by atoms with E-state index in [0.717, 1.165) is 31.0 Å². The van der Waals surface area contributed by atoms with Gasteiger partial charge in [-0.25, -0.2) is 9.97 Å². The first-order chi connectivity index (χ1) is 20.4. The molecule has 0 fully saturated rings. The first kappa shape index (κ1) is 33.2. The van der Waals surface area contributed by atoms with Gasteiger partial charge in [-0.3, -0.25) is 24.2 Å². The highest BCUT2D eigenvalue weighted by Gasteiger charge is 2.16. The lowest BCUT2D eigenvalue weighted by molar-refractivity contribution is -0.135. The summed E-state index contributed by atoms with van der Waals surface area (Å²) in [6, 6.07) is 6.61. The lowest BCUT2D eigenvalue weighted by atomic mass is 10.1. The van der Waals surface area contributed by atoms with Crippen LogP contribution in [0, 0.1) is 0 Å². The van der Waals surface area contributed by atoms with Crippen molar-refractivity contribution < 1.29 is 23.9 Å². The molecule has 3 rings (SSSR count). The van der Waals surface area contributed by atoms with Gasteiger partial charge in [0.15, 0.2) is 17.4 Å². The summed E-state index contributed by atoms with van der Waals surface area (Å²) in [5.41, 5.74) is 6.85. The number of benzene rings is 1. The lowest BCUT2D eigenvalue weighted by Gasteiger charge is -2.17. The summed E-state index contributed by atoms with van der Waals surface area (Å²) in [6.07, 6.45) is 3.82. The molecule has 42 heavy (non-hydrogen) atoms. The van der Waals surface area contributed by atoms with E-state index >= 15 is 0 Å². The molecule has 5 N–H and O–H groups in total. The average Bonchev–Trinajstić information content (AvgIpc) is 2.98. The Morgan fingerprint density at radius 1 is 1.12 bits per heavy atom. The van der Waals surface area contributed by atoms with Crippen molar-refractivity contribution in [3.63, 3.8) is 0 Å². The molecule has 0 bridgehead atoms. The van der Waals surface area contributed by atoms with Crippen LogP contribution < -0.4 is 21.9 Å². The van der Waals surface area contributed by atoms with Crippen LogP contribution in [0.4, 0.5) is 11.6 Å². The Hall–Kier alpha value is -3.26. The molecule has 226 valence electrons. The second kappa shape index (κ2) is 18.3. The number of hydrogen-bond acceptors (Lipinski definition) is 13. The third-order valence-corrected chi connectivity index (χ3v) is 8.52. The number of nitrogens with two attached hydrogens (primary N) is 1. The van der Waals surface area contributed by atoms with Crippen LogP contribution >= 0.6 is 30.8 Å². The largest absolute Gasteiger partial charge is 0.444 e. The molecule has 0 saturated heterocycles. The van der Waals surface area contributed by atoms with Gasteiger partial charge in [0.1, 0.15) is 5.78 Å². The summed E-state index contributed by atoms with van der Waals surface area (Å²) in [4.78, 5) is 62.7. The second-order valence-electron chi connectivity index (χ2n) is 8.86. The normalized spacial score (nSPS) is 11.6. The van der Waals surface area contributed by atoms with E-state index in [2.05, 4.69) is 39.8 Å². The van der Waals surface area contributed by atoms with Crippen molar-refractivity contribution in [1.82, 2.24) is 25.3 Å². The Balaban J connectivity index is 1.39. The summed E-state index contributed by atoms with van der Waals surface area (Å²) in [7, 11) is 6.04. The minimum Gasteiger partial charge on any atom is -0.444 e. The highest BCUT2D eigenvalue weighted by atomic mass is 33.1.